The van der Waals surface area contributed by atoms with Gasteiger partial charge in [0.05, 0.1) is 6.54 Å². The molecule has 0 aliphatic carbocycles. The van der Waals surface area contributed by atoms with Gasteiger partial charge in [0.15, 0.2) is 5.96 Å². The SMILES string of the molecule is CCNC(=NCCN1CCN(C(C)=O)CC1)NCCN(C(C)C)C(C)C. The molecule has 1 saturated heterocycles. The van der Waals surface area contributed by atoms with Crippen LogP contribution in [-0.2, 0) is 4.79 Å². The van der Waals surface area contributed by atoms with Gasteiger partial charge in [-0.15, -0.1) is 0 Å². The highest BCUT2D eigenvalue weighted by atomic mass is 16.2. The zero-order valence-corrected chi connectivity index (χ0v) is 17.7. The van der Waals surface area contributed by atoms with Gasteiger partial charge in [0.2, 0.25) is 5.91 Å². The summed E-state index contributed by atoms with van der Waals surface area (Å²) in [5, 5.41) is 6.77. The zero-order valence-electron chi connectivity index (χ0n) is 17.7. The number of guanidine groups is 1. The van der Waals surface area contributed by atoms with E-state index in [2.05, 4.69) is 55.1 Å². The van der Waals surface area contributed by atoms with E-state index in [-0.39, 0.29) is 5.91 Å². The van der Waals surface area contributed by atoms with Crippen molar-refractivity contribution in [3.63, 3.8) is 0 Å². The van der Waals surface area contributed by atoms with Crippen LogP contribution in [0.2, 0.25) is 0 Å². The monoisotopic (exact) mass is 368 g/mol. The Morgan fingerprint density at radius 3 is 2.19 bits per heavy atom. The van der Waals surface area contributed by atoms with Gasteiger partial charge in [-0.3, -0.25) is 19.6 Å². The number of carbonyl (C=O) groups excluding carboxylic acids is 1. The largest absolute Gasteiger partial charge is 0.357 e. The first-order chi connectivity index (χ1) is 12.3. The van der Waals surface area contributed by atoms with E-state index in [4.69, 9.17) is 4.99 Å². The van der Waals surface area contributed by atoms with Crippen molar-refractivity contribution < 1.29 is 4.79 Å². The molecule has 0 saturated carbocycles. The fourth-order valence-electron chi connectivity index (χ4n) is 3.35. The van der Waals surface area contributed by atoms with Crippen molar-refractivity contribution in [1.82, 2.24) is 25.3 Å². The summed E-state index contributed by atoms with van der Waals surface area (Å²) in [5.41, 5.74) is 0. The lowest BCUT2D eigenvalue weighted by molar-refractivity contribution is -0.130. The third-order valence-electron chi connectivity index (χ3n) is 4.84. The lowest BCUT2D eigenvalue weighted by Gasteiger charge is -2.33. The average Bonchev–Trinajstić information content (AvgIpc) is 2.58. The highest BCUT2D eigenvalue weighted by Crippen LogP contribution is 2.03. The molecule has 0 aromatic carbocycles. The van der Waals surface area contributed by atoms with Crippen LogP contribution >= 0.6 is 0 Å². The van der Waals surface area contributed by atoms with Gasteiger partial charge in [-0.05, 0) is 34.6 Å². The number of hydrogen-bond donors (Lipinski definition) is 2. The number of rotatable bonds is 9. The van der Waals surface area contributed by atoms with Gasteiger partial charge in [0.1, 0.15) is 0 Å². The Morgan fingerprint density at radius 2 is 1.69 bits per heavy atom. The van der Waals surface area contributed by atoms with Crippen LogP contribution in [0.15, 0.2) is 4.99 Å². The summed E-state index contributed by atoms with van der Waals surface area (Å²) in [5.74, 6) is 1.07. The van der Waals surface area contributed by atoms with E-state index in [1.54, 1.807) is 6.92 Å². The maximum atomic E-state index is 11.4. The average molecular weight is 369 g/mol. The van der Waals surface area contributed by atoms with Gasteiger partial charge in [-0.25, -0.2) is 0 Å². The van der Waals surface area contributed by atoms with Crippen LogP contribution in [0.3, 0.4) is 0 Å². The summed E-state index contributed by atoms with van der Waals surface area (Å²) in [7, 11) is 0. The van der Waals surface area contributed by atoms with Gasteiger partial charge in [-0.2, -0.15) is 0 Å². The summed E-state index contributed by atoms with van der Waals surface area (Å²) in [6.45, 7) is 20.7. The third-order valence-corrected chi connectivity index (χ3v) is 4.84. The van der Waals surface area contributed by atoms with Crippen LogP contribution in [-0.4, -0.2) is 97.6 Å². The van der Waals surface area contributed by atoms with Crippen LogP contribution in [0.1, 0.15) is 41.5 Å². The van der Waals surface area contributed by atoms with Gasteiger partial charge in [0.25, 0.3) is 0 Å². The molecule has 1 aliphatic rings. The molecule has 0 bridgehead atoms. The minimum Gasteiger partial charge on any atom is -0.357 e. The zero-order chi connectivity index (χ0) is 19.5. The highest BCUT2D eigenvalue weighted by Gasteiger charge is 2.18. The summed E-state index contributed by atoms with van der Waals surface area (Å²) >= 11 is 0. The van der Waals surface area contributed by atoms with E-state index in [0.717, 1.165) is 64.9 Å². The molecule has 1 aliphatic heterocycles. The Morgan fingerprint density at radius 1 is 1.08 bits per heavy atom. The summed E-state index contributed by atoms with van der Waals surface area (Å²) in [6, 6.07) is 1.09. The van der Waals surface area contributed by atoms with Crippen molar-refractivity contribution >= 4 is 11.9 Å². The normalized spacial score (nSPS) is 16.7. The van der Waals surface area contributed by atoms with Crippen LogP contribution < -0.4 is 10.6 Å². The van der Waals surface area contributed by atoms with Crippen molar-refractivity contribution in [3.05, 3.63) is 0 Å². The molecule has 26 heavy (non-hydrogen) atoms. The van der Waals surface area contributed by atoms with E-state index in [1.807, 2.05) is 4.90 Å². The molecular weight excluding hydrogens is 328 g/mol. The van der Waals surface area contributed by atoms with Gasteiger partial charge >= 0.3 is 0 Å². The molecule has 1 rings (SSSR count). The van der Waals surface area contributed by atoms with Crippen molar-refractivity contribution in [3.8, 4) is 0 Å². The Balaban J connectivity index is 2.36. The van der Waals surface area contributed by atoms with E-state index < -0.39 is 0 Å². The maximum absolute atomic E-state index is 11.4. The lowest BCUT2D eigenvalue weighted by Crippen LogP contribution is -2.48. The number of nitrogens with zero attached hydrogens (tertiary/aromatic N) is 4. The third kappa shape index (κ3) is 8.36. The molecule has 0 atom stereocenters. The fraction of sp³-hybridized carbons (Fsp3) is 0.895. The van der Waals surface area contributed by atoms with E-state index in [1.165, 1.54) is 0 Å². The van der Waals surface area contributed by atoms with Crippen molar-refractivity contribution in [2.45, 2.75) is 53.6 Å². The first kappa shape index (κ1) is 22.7. The molecule has 152 valence electrons. The summed E-state index contributed by atoms with van der Waals surface area (Å²) in [4.78, 5) is 22.9. The Kier molecular flexibility index (Phi) is 10.6. The summed E-state index contributed by atoms with van der Waals surface area (Å²) < 4.78 is 0. The molecule has 7 heteroatoms. The molecule has 0 radical (unpaired) electrons. The van der Waals surface area contributed by atoms with Gasteiger partial charge in [0, 0.05) is 71.4 Å². The summed E-state index contributed by atoms with van der Waals surface area (Å²) in [6.07, 6.45) is 0. The second kappa shape index (κ2) is 12.1. The second-order valence-electron chi connectivity index (χ2n) is 7.46. The van der Waals surface area contributed by atoms with Crippen molar-refractivity contribution in [1.29, 1.82) is 0 Å². The van der Waals surface area contributed by atoms with Crippen molar-refractivity contribution in [2.24, 2.45) is 4.99 Å². The molecular formula is C19H40N6O. The fourth-order valence-corrected chi connectivity index (χ4v) is 3.35. The number of nitrogens with one attached hydrogen (secondary N) is 2. The predicted octanol–water partition coefficient (Wildman–Crippen LogP) is 0.824. The van der Waals surface area contributed by atoms with Crippen LogP contribution in [0, 0.1) is 0 Å². The minimum atomic E-state index is 0.179. The topological polar surface area (TPSA) is 63.2 Å². The van der Waals surface area contributed by atoms with E-state index in [9.17, 15) is 4.79 Å². The molecule has 0 aromatic heterocycles. The number of hydrogen-bond acceptors (Lipinski definition) is 4. The molecule has 0 unspecified atom stereocenters. The second-order valence-corrected chi connectivity index (χ2v) is 7.46. The molecule has 7 nitrogen and oxygen atoms in total. The van der Waals surface area contributed by atoms with E-state index in [0.29, 0.717) is 12.1 Å². The van der Waals surface area contributed by atoms with Crippen LogP contribution in [0.25, 0.3) is 0 Å². The van der Waals surface area contributed by atoms with Crippen molar-refractivity contribution in [2.75, 3.05) is 58.9 Å². The smallest absolute Gasteiger partial charge is 0.219 e. The number of amides is 1. The maximum Gasteiger partial charge on any atom is 0.219 e. The van der Waals surface area contributed by atoms with Gasteiger partial charge in [-0.1, -0.05) is 0 Å². The molecule has 0 aromatic rings. The standard InChI is InChI=1S/C19H40N6O/c1-7-20-19(22-9-11-25(16(2)3)17(4)5)21-8-10-23-12-14-24(15-13-23)18(6)26/h16-17H,7-15H2,1-6H3,(H2,20,21,22). The Bertz CT molecular complexity index is 422. The minimum absolute atomic E-state index is 0.179. The molecule has 1 heterocycles. The Labute approximate surface area is 160 Å². The number of piperazine rings is 1. The predicted molar refractivity (Wildman–Crippen MR) is 110 cm³/mol. The molecule has 1 amide bonds. The van der Waals surface area contributed by atoms with Crippen LogP contribution in [0.5, 0.6) is 0 Å². The first-order valence-corrected chi connectivity index (χ1v) is 10.1. The number of aliphatic imine (C=N–C) groups is 1. The van der Waals surface area contributed by atoms with Crippen LogP contribution in [0.4, 0.5) is 0 Å². The highest BCUT2D eigenvalue weighted by molar-refractivity contribution is 5.79. The quantitative estimate of drug-likeness (QED) is 0.466. The molecule has 2 N–H and O–H groups in total. The van der Waals surface area contributed by atoms with E-state index >= 15 is 0 Å². The van der Waals surface area contributed by atoms with Gasteiger partial charge < -0.3 is 15.5 Å². The molecule has 1 fully saturated rings. The molecule has 0 spiro atoms. The Hall–Kier alpha value is -1.34. The lowest BCUT2D eigenvalue weighted by atomic mass is 10.2. The number of carbonyl (C=O) groups is 1. The first-order valence-electron chi connectivity index (χ1n) is 10.1.